The van der Waals surface area contributed by atoms with Crippen LogP contribution < -0.4 is 4.72 Å². The molecule has 20 heavy (non-hydrogen) atoms. The largest absolute Gasteiger partial charge is 0.469 e. The quantitative estimate of drug-likeness (QED) is 0.770. The number of nitrogens with one attached hydrogen (secondary N) is 1. The van der Waals surface area contributed by atoms with E-state index < -0.39 is 10.0 Å². The van der Waals surface area contributed by atoms with E-state index in [0.717, 1.165) is 0 Å². The highest BCUT2D eigenvalue weighted by Gasteiger charge is 2.15. The molecule has 112 valence electrons. The molecule has 7 heteroatoms. The normalized spacial score (nSPS) is 12.9. The summed E-state index contributed by atoms with van der Waals surface area (Å²) in [5.41, 5.74) is 0.716. The average molecular weight is 317 g/mol. The summed E-state index contributed by atoms with van der Waals surface area (Å²) in [6, 6.07) is 6.21. The molecule has 0 aliphatic carbocycles. The number of thioether (sulfide) groups is 1. The molecule has 0 amide bonds. The molecular formula is C13H19NO4S2. The summed E-state index contributed by atoms with van der Waals surface area (Å²) in [6.45, 7) is 2.33. The summed E-state index contributed by atoms with van der Waals surface area (Å²) in [5, 5.41) is 0.211. The lowest BCUT2D eigenvalue weighted by Crippen LogP contribution is -2.29. The number of carbonyl (C=O) groups is 1. The van der Waals surface area contributed by atoms with Gasteiger partial charge in [-0.15, -0.1) is 0 Å². The highest BCUT2D eigenvalue weighted by Crippen LogP contribution is 2.12. The molecule has 0 bridgehead atoms. The maximum Gasteiger partial charge on any atom is 0.309 e. The predicted octanol–water partition coefficient (Wildman–Crippen LogP) is 1.43. The fourth-order valence-electron chi connectivity index (χ4n) is 1.42. The summed E-state index contributed by atoms with van der Waals surface area (Å²) in [5.74, 6) is -0.354. The Morgan fingerprint density at radius 3 is 2.45 bits per heavy atom. The van der Waals surface area contributed by atoms with E-state index in [2.05, 4.69) is 9.46 Å². The van der Waals surface area contributed by atoms with Crippen molar-refractivity contribution in [3.63, 3.8) is 0 Å². The lowest BCUT2D eigenvalue weighted by atomic mass is 10.2. The van der Waals surface area contributed by atoms with Gasteiger partial charge in [-0.2, -0.15) is 11.8 Å². The first-order chi connectivity index (χ1) is 9.39. The van der Waals surface area contributed by atoms with Crippen LogP contribution in [-0.4, -0.2) is 39.5 Å². The number of rotatable bonds is 7. The first kappa shape index (κ1) is 17.0. The van der Waals surface area contributed by atoms with Crippen molar-refractivity contribution in [3.05, 3.63) is 29.8 Å². The van der Waals surface area contributed by atoms with Crippen LogP contribution >= 0.6 is 11.8 Å². The van der Waals surface area contributed by atoms with E-state index >= 15 is 0 Å². The summed E-state index contributed by atoms with van der Waals surface area (Å²) >= 11 is 1.59. The SMILES string of the molecule is COC(=O)Cc1ccc(S(=O)(=O)NCC(C)SC)cc1. The molecule has 1 rings (SSSR count). The zero-order chi connectivity index (χ0) is 15.2. The summed E-state index contributed by atoms with van der Waals surface area (Å²) in [6.07, 6.45) is 2.06. The number of ether oxygens (including phenoxy) is 1. The molecule has 1 atom stereocenters. The first-order valence-electron chi connectivity index (χ1n) is 6.07. The van der Waals surface area contributed by atoms with Gasteiger partial charge in [0, 0.05) is 11.8 Å². The summed E-state index contributed by atoms with van der Waals surface area (Å²) in [4.78, 5) is 11.3. The Kier molecular flexibility index (Phi) is 6.51. The van der Waals surface area contributed by atoms with Crippen LogP contribution in [0.4, 0.5) is 0 Å². The van der Waals surface area contributed by atoms with Crippen molar-refractivity contribution in [3.8, 4) is 0 Å². The Labute approximate surface area is 124 Å². The van der Waals surface area contributed by atoms with Gasteiger partial charge in [0.05, 0.1) is 18.4 Å². The van der Waals surface area contributed by atoms with E-state index in [4.69, 9.17) is 0 Å². The van der Waals surface area contributed by atoms with Gasteiger partial charge in [0.25, 0.3) is 0 Å². The highest BCUT2D eigenvalue weighted by molar-refractivity contribution is 7.99. The van der Waals surface area contributed by atoms with Gasteiger partial charge in [-0.3, -0.25) is 4.79 Å². The van der Waals surface area contributed by atoms with Crippen LogP contribution in [0, 0.1) is 0 Å². The van der Waals surface area contributed by atoms with Gasteiger partial charge in [-0.1, -0.05) is 19.1 Å². The van der Waals surface area contributed by atoms with Gasteiger partial charge in [-0.25, -0.2) is 13.1 Å². The van der Waals surface area contributed by atoms with Crippen LogP contribution in [0.15, 0.2) is 29.2 Å². The lowest BCUT2D eigenvalue weighted by Gasteiger charge is -2.11. The first-order valence-corrected chi connectivity index (χ1v) is 8.84. The fourth-order valence-corrected chi connectivity index (χ4v) is 2.90. The summed E-state index contributed by atoms with van der Waals surface area (Å²) < 4.78 is 31.2. The lowest BCUT2D eigenvalue weighted by molar-refractivity contribution is -0.139. The second kappa shape index (κ2) is 7.66. The van der Waals surface area contributed by atoms with Gasteiger partial charge in [0.15, 0.2) is 0 Å². The minimum absolute atomic E-state index is 0.133. The zero-order valence-electron chi connectivity index (χ0n) is 11.8. The van der Waals surface area contributed by atoms with E-state index in [1.807, 2.05) is 13.2 Å². The van der Waals surface area contributed by atoms with Crippen molar-refractivity contribution in [1.29, 1.82) is 0 Å². The van der Waals surface area contributed by atoms with Crippen LogP contribution in [0.2, 0.25) is 0 Å². The minimum Gasteiger partial charge on any atom is -0.469 e. The monoisotopic (exact) mass is 317 g/mol. The molecule has 0 heterocycles. The van der Waals surface area contributed by atoms with E-state index in [1.165, 1.54) is 19.2 Å². The van der Waals surface area contributed by atoms with Crippen LogP contribution in [0.25, 0.3) is 0 Å². The van der Waals surface area contributed by atoms with Crippen molar-refractivity contribution >= 4 is 27.8 Å². The molecule has 0 radical (unpaired) electrons. The highest BCUT2D eigenvalue weighted by atomic mass is 32.2. The van der Waals surface area contributed by atoms with Crippen molar-refractivity contribution < 1.29 is 17.9 Å². The number of benzene rings is 1. The van der Waals surface area contributed by atoms with E-state index in [0.29, 0.717) is 12.1 Å². The average Bonchev–Trinajstić information content (AvgIpc) is 2.45. The molecular weight excluding hydrogens is 298 g/mol. The Hall–Kier alpha value is -1.05. The smallest absolute Gasteiger partial charge is 0.309 e. The molecule has 0 fully saturated rings. The fraction of sp³-hybridized carbons (Fsp3) is 0.462. The Balaban J connectivity index is 2.74. The number of hydrogen-bond donors (Lipinski definition) is 1. The number of hydrogen-bond acceptors (Lipinski definition) is 5. The van der Waals surface area contributed by atoms with Crippen LogP contribution in [0.5, 0.6) is 0 Å². The minimum atomic E-state index is -3.50. The van der Waals surface area contributed by atoms with Gasteiger partial charge >= 0.3 is 5.97 Å². The van der Waals surface area contributed by atoms with E-state index in [9.17, 15) is 13.2 Å². The van der Waals surface area contributed by atoms with E-state index in [1.54, 1.807) is 23.9 Å². The van der Waals surface area contributed by atoms with Gasteiger partial charge in [-0.05, 0) is 24.0 Å². The van der Waals surface area contributed by atoms with Crippen LogP contribution in [0.3, 0.4) is 0 Å². The molecule has 0 aliphatic heterocycles. The van der Waals surface area contributed by atoms with Crippen molar-refractivity contribution in [2.45, 2.75) is 23.5 Å². The van der Waals surface area contributed by atoms with Crippen LogP contribution in [0.1, 0.15) is 12.5 Å². The molecule has 0 aromatic heterocycles. The topological polar surface area (TPSA) is 72.5 Å². The molecule has 0 spiro atoms. The third-order valence-electron chi connectivity index (χ3n) is 2.77. The maximum atomic E-state index is 12.0. The second-order valence-electron chi connectivity index (χ2n) is 4.30. The van der Waals surface area contributed by atoms with Crippen molar-refractivity contribution in [2.75, 3.05) is 19.9 Å². The third kappa shape index (κ3) is 5.15. The molecule has 1 aromatic rings. The molecule has 5 nitrogen and oxygen atoms in total. The van der Waals surface area contributed by atoms with Crippen molar-refractivity contribution in [2.24, 2.45) is 0 Å². The van der Waals surface area contributed by atoms with Crippen molar-refractivity contribution in [1.82, 2.24) is 4.72 Å². The van der Waals surface area contributed by atoms with Gasteiger partial charge in [0.1, 0.15) is 0 Å². The maximum absolute atomic E-state index is 12.0. The number of methoxy groups -OCH3 is 1. The molecule has 1 N–H and O–H groups in total. The molecule has 0 saturated carbocycles. The third-order valence-corrected chi connectivity index (χ3v) is 5.18. The predicted molar refractivity (Wildman–Crippen MR) is 80.3 cm³/mol. The number of sulfonamides is 1. The number of carbonyl (C=O) groups excluding carboxylic acids is 1. The van der Waals surface area contributed by atoms with E-state index in [-0.39, 0.29) is 22.5 Å². The Bertz CT molecular complexity index is 540. The number of esters is 1. The zero-order valence-corrected chi connectivity index (χ0v) is 13.4. The Morgan fingerprint density at radius 1 is 1.35 bits per heavy atom. The molecule has 1 unspecified atom stereocenters. The van der Waals surface area contributed by atoms with Gasteiger partial charge < -0.3 is 4.74 Å². The van der Waals surface area contributed by atoms with Crippen LogP contribution in [-0.2, 0) is 26.0 Å². The molecule has 1 aromatic carbocycles. The summed E-state index contributed by atoms with van der Waals surface area (Å²) in [7, 11) is -2.18. The van der Waals surface area contributed by atoms with Gasteiger partial charge in [0.2, 0.25) is 10.0 Å². The molecule has 0 saturated heterocycles. The molecule has 0 aliphatic rings. The Morgan fingerprint density at radius 2 is 1.95 bits per heavy atom. The second-order valence-corrected chi connectivity index (χ2v) is 7.34. The standard InChI is InChI=1S/C13H19NO4S2/c1-10(19-3)9-14-20(16,17)12-6-4-11(5-7-12)8-13(15)18-2/h4-7,10,14H,8-9H2,1-3H3.